The predicted octanol–water partition coefficient (Wildman–Crippen LogP) is -0.206. The van der Waals surface area contributed by atoms with Crippen molar-refractivity contribution >= 4 is 11.7 Å². The number of carbonyl (C=O) groups is 1. The third-order valence-electron chi connectivity index (χ3n) is 2.31. The fourth-order valence-corrected chi connectivity index (χ4v) is 1.33. The molecule has 0 saturated heterocycles. The average molecular weight is 254 g/mol. The van der Waals surface area contributed by atoms with Crippen molar-refractivity contribution in [2.45, 2.75) is 0 Å². The van der Waals surface area contributed by atoms with E-state index in [2.05, 4.69) is 9.97 Å². The molecule has 1 aromatic rings. The van der Waals surface area contributed by atoms with Gasteiger partial charge in [0.1, 0.15) is 11.5 Å². The van der Waals surface area contributed by atoms with Crippen molar-refractivity contribution in [2.75, 3.05) is 46.3 Å². The number of hydrogen-bond acceptors (Lipinski definition) is 6. The van der Waals surface area contributed by atoms with Gasteiger partial charge in [0.15, 0.2) is 0 Å². The number of hydrogen-bond donors (Lipinski definition) is 1. The molecule has 1 heterocycles. The Morgan fingerprint density at radius 2 is 1.83 bits per heavy atom. The fourth-order valence-electron chi connectivity index (χ4n) is 1.33. The number of carbonyl (C=O) groups excluding carboxylic acids is 1. The summed E-state index contributed by atoms with van der Waals surface area (Å²) in [6, 6.07) is 0. The highest BCUT2D eigenvalue weighted by Gasteiger charge is 2.16. The molecule has 0 atom stereocenters. The van der Waals surface area contributed by atoms with Crippen molar-refractivity contribution in [3.63, 3.8) is 0 Å². The minimum absolute atomic E-state index is 0.211. The normalized spacial score (nSPS) is 10.3. The molecule has 100 valence electrons. The van der Waals surface area contributed by atoms with Crippen molar-refractivity contribution in [1.29, 1.82) is 0 Å². The lowest BCUT2D eigenvalue weighted by Gasteiger charge is -2.21. The summed E-state index contributed by atoms with van der Waals surface area (Å²) < 4.78 is 9.93. The smallest absolute Gasteiger partial charge is 0.274 e. The molecule has 0 fully saturated rings. The zero-order valence-electron chi connectivity index (χ0n) is 10.6. The monoisotopic (exact) mass is 254 g/mol. The van der Waals surface area contributed by atoms with E-state index < -0.39 is 0 Å². The standard InChI is InChI=1S/C11H18N4O3/c1-17-5-3-15(4-6-18-2)11(16)9-7-14-10(12)8-13-9/h7-8H,3-6H2,1-2H3,(H2,12,14). The summed E-state index contributed by atoms with van der Waals surface area (Å²) in [5.41, 5.74) is 5.69. The van der Waals surface area contributed by atoms with Crippen LogP contribution in [0.2, 0.25) is 0 Å². The maximum Gasteiger partial charge on any atom is 0.274 e. The number of nitrogen functional groups attached to an aromatic ring is 1. The molecule has 0 spiro atoms. The van der Waals surface area contributed by atoms with Crippen LogP contribution in [0, 0.1) is 0 Å². The molecular formula is C11H18N4O3. The minimum atomic E-state index is -0.211. The second kappa shape index (κ2) is 7.57. The van der Waals surface area contributed by atoms with E-state index in [4.69, 9.17) is 15.2 Å². The molecule has 2 N–H and O–H groups in total. The number of ether oxygens (including phenoxy) is 2. The second-order valence-electron chi connectivity index (χ2n) is 3.60. The molecule has 1 amide bonds. The van der Waals surface area contributed by atoms with Gasteiger partial charge in [-0.05, 0) is 0 Å². The van der Waals surface area contributed by atoms with Gasteiger partial charge in [-0.3, -0.25) is 4.79 Å². The van der Waals surface area contributed by atoms with E-state index in [0.717, 1.165) is 0 Å². The molecule has 0 aliphatic rings. The van der Waals surface area contributed by atoms with Crippen LogP contribution < -0.4 is 5.73 Å². The molecule has 0 bridgehead atoms. The highest BCUT2D eigenvalue weighted by Crippen LogP contribution is 2.02. The summed E-state index contributed by atoms with van der Waals surface area (Å²) >= 11 is 0. The van der Waals surface area contributed by atoms with Gasteiger partial charge in [-0.15, -0.1) is 0 Å². The van der Waals surface area contributed by atoms with Crippen molar-refractivity contribution in [3.8, 4) is 0 Å². The van der Waals surface area contributed by atoms with Crippen molar-refractivity contribution in [3.05, 3.63) is 18.1 Å². The van der Waals surface area contributed by atoms with Crippen molar-refractivity contribution in [2.24, 2.45) is 0 Å². The zero-order chi connectivity index (χ0) is 13.4. The van der Waals surface area contributed by atoms with E-state index in [-0.39, 0.29) is 17.4 Å². The summed E-state index contributed by atoms with van der Waals surface area (Å²) in [5, 5.41) is 0. The van der Waals surface area contributed by atoms with Crippen LogP contribution in [-0.2, 0) is 9.47 Å². The first kappa shape index (κ1) is 14.3. The molecule has 1 aromatic heterocycles. The van der Waals surface area contributed by atoms with Gasteiger partial charge in [-0.2, -0.15) is 0 Å². The van der Waals surface area contributed by atoms with Crippen LogP contribution in [0.1, 0.15) is 10.5 Å². The first-order valence-electron chi connectivity index (χ1n) is 5.53. The van der Waals surface area contributed by atoms with Gasteiger partial charge in [0.25, 0.3) is 5.91 Å². The average Bonchev–Trinajstić information content (AvgIpc) is 2.39. The van der Waals surface area contributed by atoms with E-state index in [1.165, 1.54) is 12.4 Å². The maximum absolute atomic E-state index is 12.1. The van der Waals surface area contributed by atoms with Crippen LogP contribution in [0.5, 0.6) is 0 Å². The summed E-state index contributed by atoms with van der Waals surface area (Å²) in [5.74, 6) is 0.0727. The molecule has 0 aromatic carbocycles. The Hall–Kier alpha value is -1.73. The molecular weight excluding hydrogens is 236 g/mol. The largest absolute Gasteiger partial charge is 0.383 e. The van der Waals surface area contributed by atoms with E-state index >= 15 is 0 Å². The molecule has 0 aliphatic heterocycles. The van der Waals surface area contributed by atoms with Crippen LogP contribution >= 0.6 is 0 Å². The lowest BCUT2D eigenvalue weighted by Crippen LogP contribution is -2.37. The van der Waals surface area contributed by atoms with Crippen LogP contribution in [0.3, 0.4) is 0 Å². The van der Waals surface area contributed by atoms with Gasteiger partial charge < -0.3 is 20.1 Å². The SMILES string of the molecule is COCCN(CCOC)C(=O)c1cnc(N)cn1. The molecule has 7 heteroatoms. The van der Waals surface area contributed by atoms with Crippen LogP contribution in [0.4, 0.5) is 5.82 Å². The van der Waals surface area contributed by atoms with Gasteiger partial charge in [-0.25, -0.2) is 9.97 Å². The van der Waals surface area contributed by atoms with Crippen LogP contribution in [-0.4, -0.2) is 61.3 Å². The number of amides is 1. The lowest BCUT2D eigenvalue weighted by molar-refractivity contribution is 0.0621. The molecule has 18 heavy (non-hydrogen) atoms. The number of aromatic nitrogens is 2. The Morgan fingerprint density at radius 3 is 2.28 bits per heavy atom. The summed E-state index contributed by atoms with van der Waals surface area (Å²) in [6.07, 6.45) is 2.72. The highest BCUT2D eigenvalue weighted by atomic mass is 16.5. The molecule has 0 unspecified atom stereocenters. The van der Waals surface area contributed by atoms with E-state index in [1.807, 2.05) is 0 Å². The number of nitrogens with zero attached hydrogens (tertiary/aromatic N) is 3. The Kier molecular flexibility index (Phi) is 6.03. The van der Waals surface area contributed by atoms with Crippen LogP contribution in [0.25, 0.3) is 0 Å². The summed E-state index contributed by atoms with van der Waals surface area (Å²) in [6.45, 7) is 1.87. The lowest BCUT2D eigenvalue weighted by atomic mass is 10.3. The number of anilines is 1. The van der Waals surface area contributed by atoms with Crippen molar-refractivity contribution in [1.82, 2.24) is 14.9 Å². The number of methoxy groups -OCH3 is 2. The van der Waals surface area contributed by atoms with E-state index in [1.54, 1.807) is 19.1 Å². The zero-order valence-corrected chi connectivity index (χ0v) is 10.6. The van der Waals surface area contributed by atoms with Crippen molar-refractivity contribution < 1.29 is 14.3 Å². The Labute approximate surface area is 106 Å². The Balaban J connectivity index is 2.70. The first-order chi connectivity index (χ1) is 8.69. The molecule has 1 rings (SSSR count). The molecule has 7 nitrogen and oxygen atoms in total. The van der Waals surface area contributed by atoms with Gasteiger partial charge >= 0.3 is 0 Å². The molecule has 0 saturated carbocycles. The second-order valence-corrected chi connectivity index (χ2v) is 3.60. The number of nitrogens with two attached hydrogens (primary N) is 1. The van der Waals surface area contributed by atoms with E-state index in [0.29, 0.717) is 26.3 Å². The Bertz CT molecular complexity index is 361. The van der Waals surface area contributed by atoms with E-state index in [9.17, 15) is 4.79 Å². The van der Waals surface area contributed by atoms with Gasteiger partial charge in [-0.1, -0.05) is 0 Å². The summed E-state index contributed by atoms with van der Waals surface area (Å²) in [4.78, 5) is 21.5. The fraction of sp³-hybridized carbons (Fsp3) is 0.545. The topological polar surface area (TPSA) is 90.6 Å². The van der Waals surface area contributed by atoms with Gasteiger partial charge in [0, 0.05) is 27.3 Å². The maximum atomic E-state index is 12.1. The third-order valence-corrected chi connectivity index (χ3v) is 2.31. The quantitative estimate of drug-likeness (QED) is 0.724. The van der Waals surface area contributed by atoms with Gasteiger partial charge in [0.2, 0.25) is 0 Å². The highest BCUT2D eigenvalue weighted by molar-refractivity contribution is 5.92. The molecule has 0 aliphatic carbocycles. The first-order valence-corrected chi connectivity index (χ1v) is 5.53. The minimum Gasteiger partial charge on any atom is -0.383 e. The number of rotatable bonds is 7. The third kappa shape index (κ3) is 4.27. The predicted molar refractivity (Wildman–Crippen MR) is 66.1 cm³/mol. The summed E-state index contributed by atoms with van der Waals surface area (Å²) in [7, 11) is 3.17. The van der Waals surface area contributed by atoms with Crippen LogP contribution in [0.15, 0.2) is 12.4 Å². The van der Waals surface area contributed by atoms with Gasteiger partial charge in [0.05, 0.1) is 25.6 Å². The molecule has 0 radical (unpaired) electrons. The Morgan fingerprint density at radius 1 is 1.22 bits per heavy atom.